The van der Waals surface area contributed by atoms with Crippen LogP contribution in [0.2, 0.25) is 0 Å². The van der Waals surface area contributed by atoms with Crippen LogP contribution in [0.25, 0.3) is 0 Å². The largest absolute Gasteiger partial charge is 0.398 e. The third kappa shape index (κ3) is 4.16. The molecule has 0 saturated heterocycles. The Labute approximate surface area is 146 Å². The smallest absolute Gasteiger partial charge is 0.244 e. The number of rotatable bonds is 5. The molecule has 0 aliphatic heterocycles. The second-order valence-corrected chi connectivity index (χ2v) is 9.90. The van der Waals surface area contributed by atoms with Gasteiger partial charge in [0.1, 0.15) is 4.90 Å². The van der Waals surface area contributed by atoms with Crippen LogP contribution in [0.4, 0.5) is 5.69 Å². The molecule has 0 heterocycles. The Balaban J connectivity index is 2.27. The molecule has 1 saturated carbocycles. The average molecular weight is 458 g/mol. The lowest BCUT2D eigenvalue weighted by molar-refractivity contribution is 0.555. The second-order valence-electron chi connectivity index (χ2n) is 4.96. The minimum atomic E-state index is -3.63. The maximum Gasteiger partial charge on any atom is 0.244 e. The Bertz CT molecular complexity index is 600. The normalized spacial score (nSPS) is 22.6. The van der Waals surface area contributed by atoms with Crippen molar-refractivity contribution >= 4 is 59.3 Å². The quantitative estimate of drug-likeness (QED) is 0.660. The second kappa shape index (κ2) is 7.21. The van der Waals surface area contributed by atoms with Gasteiger partial charge in [0.15, 0.2) is 0 Å². The maximum atomic E-state index is 12.6. The van der Waals surface area contributed by atoms with E-state index >= 15 is 0 Å². The van der Waals surface area contributed by atoms with Crippen molar-refractivity contribution in [2.75, 3.05) is 11.5 Å². The van der Waals surface area contributed by atoms with Gasteiger partial charge in [-0.2, -0.15) is 11.8 Å². The van der Waals surface area contributed by atoms with E-state index in [1.54, 1.807) is 12.1 Å². The van der Waals surface area contributed by atoms with E-state index in [0.717, 1.165) is 29.5 Å². The van der Waals surface area contributed by atoms with Gasteiger partial charge < -0.3 is 5.73 Å². The molecule has 2 rings (SSSR count). The molecule has 4 nitrogen and oxygen atoms in total. The fraction of sp³-hybridized carbons (Fsp3) is 0.538. The van der Waals surface area contributed by atoms with Crippen LogP contribution < -0.4 is 10.5 Å². The molecule has 0 spiro atoms. The predicted octanol–water partition coefficient (Wildman–Crippen LogP) is 3.75. The molecular weight excluding hydrogens is 440 g/mol. The van der Waals surface area contributed by atoms with E-state index in [4.69, 9.17) is 5.73 Å². The Kier molecular flexibility index (Phi) is 6.04. The fourth-order valence-electron chi connectivity index (χ4n) is 2.60. The van der Waals surface area contributed by atoms with Crippen LogP contribution in [0, 0.1) is 0 Å². The lowest BCUT2D eigenvalue weighted by Gasteiger charge is -2.21. The van der Waals surface area contributed by atoms with Crippen LogP contribution in [0.15, 0.2) is 26.0 Å². The summed E-state index contributed by atoms with van der Waals surface area (Å²) in [7, 11) is -3.63. The first kappa shape index (κ1) is 17.6. The predicted molar refractivity (Wildman–Crippen MR) is 96.1 cm³/mol. The van der Waals surface area contributed by atoms with E-state index in [1.165, 1.54) is 0 Å². The van der Waals surface area contributed by atoms with Crippen molar-refractivity contribution in [3.05, 3.63) is 21.1 Å². The highest BCUT2D eigenvalue weighted by Crippen LogP contribution is 2.34. The maximum absolute atomic E-state index is 12.6. The zero-order valence-corrected chi connectivity index (χ0v) is 16.4. The third-order valence-electron chi connectivity index (χ3n) is 3.45. The average Bonchev–Trinajstić information content (AvgIpc) is 2.74. The van der Waals surface area contributed by atoms with Gasteiger partial charge in [0.2, 0.25) is 10.0 Å². The molecule has 2 unspecified atom stereocenters. The van der Waals surface area contributed by atoms with Crippen molar-refractivity contribution in [1.29, 1.82) is 0 Å². The minimum absolute atomic E-state index is 0.0186. The number of nitrogen functional groups attached to an aromatic ring is 1. The molecule has 3 N–H and O–H groups in total. The van der Waals surface area contributed by atoms with Crippen LogP contribution in [-0.2, 0) is 10.0 Å². The van der Waals surface area contributed by atoms with Crippen LogP contribution in [-0.4, -0.2) is 25.5 Å². The Morgan fingerprint density at radius 3 is 2.71 bits per heavy atom. The number of sulfonamides is 1. The van der Waals surface area contributed by atoms with Crippen molar-refractivity contribution in [3.63, 3.8) is 0 Å². The molecule has 1 aromatic rings. The van der Waals surface area contributed by atoms with Crippen molar-refractivity contribution in [2.24, 2.45) is 0 Å². The molecule has 1 aromatic carbocycles. The summed E-state index contributed by atoms with van der Waals surface area (Å²) < 4.78 is 29.3. The number of halogens is 2. The number of hydrogen-bond donors (Lipinski definition) is 2. The van der Waals surface area contributed by atoms with Gasteiger partial charge in [-0.3, -0.25) is 0 Å². The van der Waals surface area contributed by atoms with Gasteiger partial charge in [0.05, 0.1) is 5.69 Å². The summed E-state index contributed by atoms with van der Waals surface area (Å²) in [5, 5.41) is 0.347. The molecule has 0 amide bonds. The summed E-state index contributed by atoms with van der Waals surface area (Å²) in [4.78, 5) is 0.123. The van der Waals surface area contributed by atoms with E-state index in [-0.39, 0.29) is 16.6 Å². The molecule has 1 aliphatic rings. The van der Waals surface area contributed by atoms with Gasteiger partial charge in [-0.05, 0) is 46.7 Å². The van der Waals surface area contributed by atoms with Gasteiger partial charge in [-0.1, -0.05) is 29.3 Å². The van der Waals surface area contributed by atoms with Gasteiger partial charge in [-0.25, -0.2) is 13.1 Å². The van der Waals surface area contributed by atoms with Crippen LogP contribution in [0.3, 0.4) is 0 Å². The summed E-state index contributed by atoms with van der Waals surface area (Å²) in [5.41, 5.74) is 6.13. The van der Waals surface area contributed by atoms with Gasteiger partial charge in [0.25, 0.3) is 0 Å². The molecule has 21 heavy (non-hydrogen) atoms. The summed E-state index contributed by atoms with van der Waals surface area (Å²) in [5.74, 6) is 0.993. The summed E-state index contributed by atoms with van der Waals surface area (Å²) >= 11 is 8.41. The van der Waals surface area contributed by atoms with Crippen LogP contribution in [0.1, 0.15) is 26.2 Å². The Morgan fingerprint density at radius 1 is 1.38 bits per heavy atom. The number of anilines is 1. The first-order valence-electron chi connectivity index (χ1n) is 6.73. The first-order valence-corrected chi connectivity index (χ1v) is 10.9. The molecule has 0 aromatic heterocycles. The zero-order valence-electron chi connectivity index (χ0n) is 11.6. The topological polar surface area (TPSA) is 72.2 Å². The highest BCUT2D eigenvalue weighted by atomic mass is 79.9. The monoisotopic (exact) mass is 456 g/mol. The highest BCUT2D eigenvalue weighted by Gasteiger charge is 2.32. The van der Waals surface area contributed by atoms with Crippen LogP contribution in [0.5, 0.6) is 0 Å². The Morgan fingerprint density at radius 2 is 2.10 bits per heavy atom. The van der Waals surface area contributed by atoms with E-state index in [9.17, 15) is 8.42 Å². The molecule has 1 fully saturated rings. The first-order chi connectivity index (χ1) is 9.85. The molecule has 8 heteroatoms. The van der Waals surface area contributed by atoms with Gasteiger partial charge in [0, 0.05) is 20.2 Å². The van der Waals surface area contributed by atoms with E-state index in [2.05, 4.69) is 43.5 Å². The lowest BCUT2D eigenvalue weighted by Crippen LogP contribution is -2.39. The molecule has 0 radical (unpaired) electrons. The minimum Gasteiger partial charge on any atom is -0.398 e. The SMILES string of the molecule is CCSC1CCCC1NS(=O)(=O)c1c(N)cc(Br)cc1Br. The van der Waals surface area contributed by atoms with Crippen molar-refractivity contribution < 1.29 is 8.42 Å². The summed E-state index contributed by atoms with van der Waals surface area (Å²) in [6.45, 7) is 2.10. The number of nitrogens with one attached hydrogen (secondary N) is 1. The number of hydrogen-bond acceptors (Lipinski definition) is 4. The molecule has 0 bridgehead atoms. The van der Waals surface area contributed by atoms with E-state index < -0.39 is 10.0 Å². The van der Waals surface area contributed by atoms with Crippen LogP contribution >= 0.6 is 43.6 Å². The van der Waals surface area contributed by atoms with Crippen molar-refractivity contribution in [3.8, 4) is 0 Å². The zero-order chi connectivity index (χ0) is 15.6. The number of thioether (sulfide) groups is 1. The molecule has 1 aliphatic carbocycles. The van der Waals surface area contributed by atoms with Gasteiger partial charge in [-0.15, -0.1) is 0 Å². The van der Waals surface area contributed by atoms with E-state index in [1.807, 2.05) is 11.8 Å². The molecule has 118 valence electrons. The lowest BCUT2D eigenvalue weighted by atomic mass is 10.3. The fourth-order valence-corrected chi connectivity index (χ4v) is 7.26. The summed E-state index contributed by atoms with van der Waals surface area (Å²) in [6.07, 6.45) is 3.00. The number of benzene rings is 1. The highest BCUT2D eigenvalue weighted by molar-refractivity contribution is 9.11. The van der Waals surface area contributed by atoms with Crippen molar-refractivity contribution in [1.82, 2.24) is 4.72 Å². The standard InChI is InChI=1S/C13H18Br2N2O2S2/c1-2-20-12-5-3-4-11(12)17-21(18,19)13-9(15)6-8(14)7-10(13)16/h6-7,11-12,17H,2-5,16H2,1H3. The van der Waals surface area contributed by atoms with Crippen molar-refractivity contribution in [2.45, 2.75) is 42.4 Å². The Hall–Kier alpha value is 0.240. The van der Waals surface area contributed by atoms with Gasteiger partial charge >= 0.3 is 0 Å². The summed E-state index contributed by atoms with van der Waals surface area (Å²) in [6, 6.07) is 3.28. The molecular formula is C13H18Br2N2O2S2. The van der Waals surface area contributed by atoms with E-state index in [0.29, 0.717) is 9.72 Å². The third-order valence-corrected chi connectivity index (χ3v) is 7.72. The molecule has 2 atom stereocenters. The number of nitrogens with two attached hydrogens (primary N) is 1.